The van der Waals surface area contributed by atoms with Crippen molar-refractivity contribution in [2.24, 2.45) is 0 Å². The second-order valence-electron chi connectivity index (χ2n) is 5.16. The summed E-state index contributed by atoms with van der Waals surface area (Å²) in [6.45, 7) is 0.309. The molecular weight excluding hydrogens is 319 g/mol. The quantitative estimate of drug-likeness (QED) is 0.746. The van der Waals surface area contributed by atoms with Crippen molar-refractivity contribution in [2.45, 2.75) is 0 Å². The predicted octanol–water partition coefficient (Wildman–Crippen LogP) is 3.19. The summed E-state index contributed by atoms with van der Waals surface area (Å²) in [4.78, 5) is 16.0. The van der Waals surface area contributed by atoms with Crippen molar-refractivity contribution in [3.05, 3.63) is 72.2 Å². The lowest BCUT2D eigenvalue weighted by Crippen LogP contribution is -2.24. The van der Waals surface area contributed by atoms with Crippen LogP contribution in [0.1, 0.15) is 10.4 Å². The number of ether oxygens (including phenoxy) is 1. The summed E-state index contributed by atoms with van der Waals surface area (Å²) in [5.74, 6) is 5.20. The number of fused-ring (bicyclic) bond motifs is 1. The van der Waals surface area contributed by atoms with Gasteiger partial charge in [0.1, 0.15) is 18.2 Å². The molecule has 2 aromatic carbocycles. The van der Waals surface area contributed by atoms with E-state index < -0.39 is 11.7 Å². The summed E-state index contributed by atoms with van der Waals surface area (Å²) in [5, 5.41) is 3.58. The molecule has 25 heavy (non-hydrogen) atoms. The van der Waals surface area contributed by atoms with Crippen molar-refractivity contribution >= 4 is 16.8 Å². The zero-order chi connectivity index (χ0) is 17.5. The molecule has 0 atom stereocenters. The predicted molar refractivity (Wildman–Crippen MR) is 93.7 cm³/mol. The monoisotopic (exact) mass is 334 g/mol. The van der Waals surface area contributed by atoms with Gasteiger partial charge in [0.25, 0.3) is 5.91 Å². The highest BCUT2D eigenvalue weighted by molar-refractivity contribution is 5.94. The van der Waals surface area contributed by atoms with Crippen molar-refractivity contribution in [2.75, 3.05) is 13.2 Å². The van der Waals surface area contributed by atoms with E-state index in [1.54, 1.807) is 12.3 Å². The Morgan fingerprint density at radius 2 is 2.00 bits per heavy atom. The number of carbonyl (C=O) groups excluding carboxylic acids is 1. The average Bonchev–Trinajstić information content (AvgIpc) is 2.64. The topological polar surface area (TPSA) is 51.2 Å². The van der Waals surface area contributed by atoms with Crippen molar-refractivity contribution in [3.63, 3.8) is 0 Å². The van der Waals surface area contributed by atoms with Crippen LogP contribution in [0, 0.1) is 17.7 Å². The molecule has 3 aromatic rings. The van der Waals surface area contributed by atoms with E-state index in [0.717, 1.165) is 10.9 Å². The van der Waals surface area contributed by atoms with Crippen LogP contribution in [-0.2, 0) is 0 Å². The van der Waals surface area contributed by atoms with Gasteiger partial charge in [-0.3, -0.25) is 9.78 Å². The Morgan fingerprint density at radius 3 is 2.88 bits per heavy atom. The molecule has 1 heterocycles. The summed E-state index contributed by atoms with van der Waals surface area (Å²) < 4.78 is 19.0. The Balaban J connectivity index is 1.48. The number of nitrogens with zero attached hydrogens (tertiary/aromatic N) is 1. The first-order chi connectivity index (χ1) is 12.2. The van der Waals surface area contributed by atoms with Crippen molar-refractivity contribution in [1.82, 2.24) is 10.3 Å². The fourth-order valence-electron chi connectivity index (χ4n) is 2.23. The number of carbonyl (C=O) groups is 1. The lowest BCUT2D eigenvalue weighted by atomic mass is 10.2. The van der Waals surface area contributed by atoms with Crippen LogP contribution in [0.5, 0.6) is 5.75 Å². The van der Waals surface area contributed by atoms with Crippen LogP contribution in [0.2, 0.25) is 0 Å². The number of hydrogen-bond donors (Lipinski definition) is 1. The van der Waals surface area contributed by atoms with Gasteiger partial charge in [-0.1, -0.05) is 30.0 Å². The number of hydrogen-bond acceptors (Lipinski definition) is 3. The lowest BCUT2D eigenvalue weighted by Gasteiger charge is -2.03. The van der Waals surface area contributed by atoms with E-state index in [1.165, 1.54) is 18.2 Å². The SMILES string of the molecule is O=C(NCC#CCOc1ccc2cccnc2c1)c1ccccc1F. The van der Waals surface area contributed by atoms with Gasteiger partial charge >= 0.3 is 0 Å². The van der Waals surface area contributed by atoms with Crippen molar-refractivity contribution in [3.8, 4) is 17.6 Å². The molecule has 0 fully saturated rings. The molecule has 0 aliphatic carbocycles. The van der Waals surface area contributed by atoms with Crippen LogP contribution >= 0.6 is 0 Å². The van der Waals surface area contributed by atoms with Crippen LogP contribution in [0.3, 0.4) is 0 Å². The van der Waals surface area contributed by atoms with Gasteiger partial charge in [0.05, 0.1) is 17.6 Å². The second-order valence-corrected chi connectivity index (χ2v) is 5.16. The van der Waals surface area contributed by atoms with Crippen LogP contribution in [0.25, 0.3) is 10.9 Å². The normalized spacial score (nSPS) is 9.96. The molecule has 4 nitrogen and oxygen atoms in total. The number of benzene rings is 2. The van der Waals surface area contributed by atoms with Gasteiger partial charge in [-0.15, -0.1) is 0 Å². The molecule has 1 N–H and O–H groups in total. The molecule has 0 radical (unpaired) electrons. The summed E-state index contributed by atoms with van der Waals surface area (Å²) in [6, 6.07) is 15.3. The first-order valence-corrected chi connectivity index (χ1v) is 7.70. The molecule has 0 aliphatic rings. The third kappa shape index (κ3) is 4.33. The largest absolute Gasteiger partial charge is 0.481 e. The van der Waals surface area contributed by atoms with E-state index in [1.807, 2.05) is 30.3 Å². The maximum atomic E-state index is 13.4. The number of aromatic nitrogens is 1. The van der Waals surface area contributed by atoms with Gasteiger partial charge in [0.2, 0.25) is 0 Å². The van der Waals surface area contributed by atoms with E-state index in [4.69, 9.17) is 4.74 Å². The molecule has 124 valence electrons. The summed E-state index contributed by atoms with van der Waals surface area (Å²) in [6.07, 6.45) is 1.73. The van der Waals surface area contributed by atoms with Gasteiger partial charge in [-0.25, -0.2) is 4.39 Å². The number of halogens is 1. The van der Waals surface area contributed by atoms with Crippen LogP contribution < -0.4 is 10.1 Å². The highest BCUT2D eigenvalue weighted by Crippen LogP contribution is 2.18. The molecule has 0 bridgehead atoms. The molecule has 1 amide bonds. The standard InChI is InChI=1S/C20H15FN2O2/c21-18-8-2-1-7-17(18)20(24)23-11-3-4-13-25-16-10-9-15-6-5-12-22-19(15)14-16/h1-2,5-10,12,14H,11,13H2,(H,23,24). The summed E-state index contributed by atoms with van der Waals surface area (Å²) in [5.41, 5.74) is 0.856. The third-order valence-corrected chi connectivity index (χ3v) is 3.47. The first kappa shape index (κ1) is 16.5. The highest BCUT2D eigenvalue weighted by atomic mass is 19.1. The Bertz CT molecular complexity index is 960. The van der Waals surface area contributed by atoms with Crippen molar-refractivity contribution < 1.29 is 13.9 Å². The maximum Gasteiger partial charge on any atom is 0.255 e. The zero-order valence-electron chi connectivity index (χ0n) is 13.3. The Labute approximate surface area is 144 Å². The molecular formula is C20H15FN2O2. The maximum absolute atomic E-state index is 13.4. The molecule has 3 rings (SSSR count). The zero-order valence-corrected chi connectivity index (χ0v) is 13.3. The van der Waals surface area contributed by atoms with E-state index in [9.17, 15) is 9.18 Å². The van der Waals surface area contributed by atoms with Gasteiger partial charge in [-0.05, 0) is 30.3 Å². The Morgan fingerprint density at radius 1 is 1.12 bits per heavy atom. The highest BCUT2D eigenvalue weighted by Gasteiger charge is 2.08. The third-order valence-electron chi connectivity index (χ3n) is 3.47. The molecule has 0 saturated heterocycles. The molecule has 0 spiro atoms. The minimum absolute atomic E-state index is 0.00390. The average molecular weight is 334 g/mol. The van der Waals surface area contributed by atoms with E-state index >= 15 is 0 Å². The summed E-state index contributed by atoms with van der Waals surface area (Å²) in [7, 11) is 0. The van der Waals surface area contributed by atoms with E-state index in [-0.39, 0.29) is 18.7 Å². The lowest BCUT2D eigenvalue weighted by molar-refractivity contribution is 0.0954. The van der Waals surface area contributed by atoms with Gasteiger partial charge in [0.15, 0.2) is 0 Å². The van der Waals surface area contributed by atoms with Crippen LogP contribution in [-0.4, -0.2) is 24.0 Å². The second kappa shape index (κ2) is 7.93. The number of rotatable bonds is 4. The molecule has 5 heteroatoms. The fourth-order valence-corrected chi connectivity index (χ4v) is 2.23. The molecule has 0 aliphatic heterocycles. The van der Waals surface area contributed by atoms with Gasteiger partial charge < -0.3 is 10.1 Å². The molecule has 1 aromatic heterocycles. The van der Waals surface area contributed by atoms with Crippen molar-refractivity contribution in [1.29, 1.82) is 0 Å². The number of nitrogens with one attached hydrogen (secondary N) is 1. The van der Waals surface area contributed by atoms with Crippen LogP contribution in [0.15, 0.2) is 60.8 Å². The molecule has 0 saturated carbocycles. The smallest absolute Gasteiger partial charge is 0.255 e. The van der Waals surface area contributed by atoms with E-state index in [2.05, 4.69) is 22.1 Å². The van der Waals surface area contributed by atoms with Gasteiger partial charge in [0, 0.05) is 17.6 Å². The van der Waals surface area contributed by atoms with E-state index in [0.29, 0.717) is 5.75 Å². The summed E-state index contributed by atoms with van der Waals surface area (Å²) >= 11 is 0. The fraction of sp³-hybridized carbons (Fsp3) is 0.100. The first-order valence-electron chi connectivity index (χ1n) is 7.70. The number of pyridine rings is 1. The number of amides is 1. The minimum atomic E-state index is -0.554. The van der Waals surface area contributed by atoms with Gasteiger partial charge in [-0.2, -0.15) is 0 Å². The molecule has 0 unspecified atom stereocenters. The van der Waals surface area contributed by atoms with Crippen LogP contribution in [0.4, 0.5) is 4.39 Å². The minimum Gasteiger partial charge on any atom is -0.481 e. The Kier molecular flexibility index (Phi) is 5.22. The Hall–Kier alpha value is -3.39.